The van der Waals surface area contributed by atoms with Gasteiger partial charge in [0.05, 0.1) is 0 Å². The second-order valence-electron chi connectivity index (χ2n) is 13.2. The molecule has 0 radical (unpaired) electrons. The van der Waals surface area contributed by atoms with Crippen molar-refractivity contribution in [2.75, 3.05) is 0 Å². The second kappa shape index (κ2) is 12.9. The highest BCUT2D eigenvalue weighted by Gasteiger charge is 2.22. The fourth-order valence-corrected chi connectivity index (χ4v) is 7.37. The van der Waals surface area contributed by atoms with Gasteiger partial charge in [0.1, 0.15) is 11.2 Å². The average Bonchev–Trinajstić information content (AvgIpc) is 3.63. The van der Waals surface area contributed by atoms with Crippen LogP contribution in [-0.2, 0) is 0 Å². The Labute approximate surface area is 306 Å². The van der Waals surface area contributed by atoms with Crippen molar-refractivity contribution >= 4 is 32.7 Å². The van der Waals surface area contributed by atoms with Gasteiger partial charge in [-0.05, 0) is 62.4 Å². The van der Waals surface area contributed by atoms with Crippen molar-refractivity contribution in [3.8, 4) is 67.5 Å². The van der Waals surface area contributed by atoms with Crippen LogP contribution in [-0.4, -0.2) is 15.0 Å². The molecule has 0 bridgehead atoms. The highest BCUT2D eigenvalue weighted by Crippen LogP contribution is 2.43. The molecular weight excluding hydrogens is 647 g/mol. The van der Waals surface area contributed by atoms with Gasteiger partial charge in [0.15, 0.2) is 17.5 Å². The zero-order chi connectivity index (χ0) is 35.1. The second-order valence-corrected chi connectivity index (χ2v) is 13.2. The standard InChI is InChI=1S/C49H31N3O/c1-3-12-32(13-4-1)33-22-28-38(29-23-33)48-50-47(37-15-5-2-6-16-37)51-49(52-48)46-41(30-31-44-45(46)42-19-9-10-21-43(42)53-44)36-26-24-35(25-27-36)40-20-11-17-34-14-7-8-18-39(34)40/h1-31H. The van der Waals surface area contributed by atoms with Gasteiger partial charge in [0, 0.05) is 27.5 Å². The van der Waals surface area contributed by atoms with Gasteiger partial charge in [-0.3, -0.25) is 0 Å². The number of hydrogen-bond acceptors (Lipinski definition) is 4. The smallest absolute Gasteiger partial charge is 0.165 e. The summed E-state index contributed by atoms with van der Waals surface area (Å²) in [4.78, 5) is 15.5. The van der Waals surface area contributed by atoms with Crippen LogP contribution in [0.2, 0.25) is 0 Å². The van der Waals surface area contributed by atoms with Crippen LogP contribution in [0.1, 0.15) is 0 Å². The molecule has 8 aromatic carbocycles. The molecule has 2 heterocycles. The van der Waals surface area contributed by atoms with E-state index in [1.807, 2.05) is 48.5 Å². The monoisotopic (exact) mass is 677 g/mol. The fourth-order valence-electron chi connectivity index (χ4n) is 7.37. The minimum Gasteiger partial charge on any atom is -0.456 e. The molecule has 0 aliphatic carbocycles. The van der Waals surface area contributed by atoms with E-state index in [-0.39, 0.29) is 0 Å². The van der Waals surface area contributed by atoms with Crippen molar-refractivity contribution in [1.82, 2.24) is 15.0 Å². The molecule has 0 unspecified atom stereocenters. The Morgan fingerprint density at radius 2 is 0.811 bits per heavy atom. The average molecular weight is 678 g/mol. The van der Waals surface area contributed by atoms with Gasteiger partial charge in [-0.2, -0.15) is 0 Å². The van der Waals surface area contributed by atoms with Crippen molar-refractivity contribution in [2.24, 2.45) is 0 Å². The molecule has 10 aromatic rings. The first kappa shape index (κ1) is 30.6. The van der Waals surface area contributed by atoms with Crippen LogP contribution < -0.4 is 0 Å². The van der Waals surface area contributed by atoms with E-state index >= 15 is 0 Å². The molecule has 248 valence electrons. The van der Waals surface area contributed by atoms with Gasteiger partial charge in [0.2, 0.25) is 0 Å². The van der Waals surface area contributed by atoms with E-state index < -0.39 is 0 Å². The normalized spacial score (nSPS) is 11.4. The summed E-state index contributed by atoms with van der Waals surface area (Å²) < 4.78 is 6.44. The molecule has 0 saturated heterocycles. The number of rotatable bonds is 6. The topological polar surface area (TPSA) is 51.8 Å². The number of hydrogen-bond donors (Lipinski definition) is 0. The van der Waals surface area contributed by atoms with E-state index in [2.05, 4.69) is 140 Å². The summed E-state index contributed by atoms with van der Waals surface area (Å²) in [5.74, 6) is 1.81. The lowest BCUT2D eigenvalue weighted by Crippen LogP contribution is -2.01. The van der Waals surface area contributed by atoms with Crippen molar-refractivity contribution in [2.45, 2.75) is 0 Å². The van der Waals surface area contributed by atoms with E-state index in [0.717, 1.165) is 66.4 Å². The molecule has 0 atom stereocenters. The minimum absolute atomic E-state index is 0.589. The molecule has 4 nitrogen and oxygen atoms in total. The maximum Gasteiger partial charge on any atom is 0.165 e. The molecule has 0 saturated carbocycles. The Kier molecular flexibility index (Phi) is 7.43. The lowest BCUT2D eigenvalue weighted by Gasteiger charge is -2.14. The van der Waals surface area contributed by atoms with Crippen LogP contribution in [0.5, 0.6) is 0 Å². The van der Waals surface area contributed by atoms with Crippen molar-refractivity contribution in [3.63, 3.8) is 0 Å². The SMILES string of the molecule is c1ccc(-c2ccc(-c3nc(-c4ccccc4)nc(-c4c(-c5ccc(-c6cccc7ccccc67)cc5)ccc5oc6ccccc6c45)n3)cc2)cc1. The molecular formula is C49H31N3O. The molecule has 0 N–H and O–H groups in total. The molecule has 0 amide bonds. The summed E-state index contributed by atoms with van der Waals surface area (Å²) in [6, 6.07) is 65.2. The van der Waals surface area contributed by atoms with Gasteiger partial charge in [-0.25, -0.2) is 15.0 Å². The number of nitrogens with zero attached hydrogens (tertiary/aromatic N) is 3. The minimum atomic E-state index is 0.589. The van der Waals surface area contributed by atoms with Crippen molar-refractivity contribution in [3.05, 3.63) is 188 Å². The van der Waals surface area contributed by atoms with Gasteiger partial charge in [-0.15, -0.1) is 0 Å². The predicted octanol–water partition coefficient (Wildman–Crippen LogP) is 12.9. The van der Waals surface area contributed by atoms with E-state index in [4.69, 9.17) is 19.4 Å². The third kappa shape index (κ3) is 5.54. The van der Waals surface area contributed by atoms with E-state index in [1.54, 1.807) is 0 Å². The first-order valence-electron chi connectivity index (χ1n) is 17.8. The lowest BCUT2D eigenvalue weighted by atomic mass is 9.92. The maximum atomic E-state index is 6.44. The van der Waals surface area contributed by atoms with E-state index in [1.165, 1.54) is 16.3 Å². The largest absolute Gasteiger partial charge is 0.456 e. The van der Waals surface area contributed by atoms with Gasteiger partial charge >= 0.3 is 0 Å². The third-order valence-corrected chi connectivity index (χ3v) is 9.98. The fraction of sp³-hybridized carbons (Fsp3) is 0. The van der Waals surface area contributed by atoms with Crippen molar-refractivity contribution < 1.29 is 4.42 Å². The highest BCUT2D eigenvalue weighted by atomic mass is 16.3. The molecule has 0 fully saturated rings. The highest BCUT2D eigenvalue weighted by molar-refractivity contribution is 6.15. The molecule has 2 aromatic heterocycles. The summed E-state index contributed by atoms with van der Waals surface area (Å²) in [6.07, 6.45) is 0. The van der Waals surface area contributed by atoms with E-state index in [0.29, 0.717) is 17.5 Å². The first-order chi connectivity index (χ1) is 26.3. The third-order valence-electron chi connectivity index (χ3n) is 9.98. The Balaban J connectivity index is 1.18. The first-order valence-corrected chi connectivity index (χ1v) is 17.8. The molecule has 4 heteroatoms. The summed E-state index contributed by atoms with van der Waals surface area (Å²) in [7, 11) is 0. The zero-order valence-corrected chi connectivity index (χ0v) is 28.6. The summed E-state index contributed by atoms with van der Waals surface area (Å²) in [5.41, 5.74) is 11.1. The van der Waals surface area contributed by atoms with Crippen LogP contribution in [0.4, 0.5) is 0 Å². The Bertz CT molecular complexity index is 2910. The van der Waals surface area contributed by atoms with Gasteiger partial charge in [0.25, 0.3) is 0 Å². The molecule has 0 spiro atoms. The Morgan fingerprint density at radius 3 is 1.55 bits per heavy atom. The Hall–Kier alpha value is -7.17. The van der Waals surface area contributed by atoms with E-state index in [9.17, 15) is 0 Å². The summed E-state index contributed by atoms with van der Waals surface area (Å²) >= 11 is 0. The van der Waals surface area contributed by atoms with Crippen LogP contribution in [0.25, 0.3) is 100 Å². The van der Waals surface area contributed by atoms with Gasteiger partial charge < -0.3 is 4.42 Å². The number of aromatic nitrogens is 3. The molecule has 10 rings (SSSR count). The molecule has 53 heavy (non-hydrogen) atoms. The lowest BCUT2D eigenvalue weighted by molar-refractivity contribution is 0.669. The number of fused-ring (bicyclic) bond motifs is 4. The van der Waals surface area contributed by atoms with Gasteiger partial charge in [-0.1, -0.05) is 170 Å². The van der Waals surface area contributed by atoms with Crippen LogP contribution in [0, 0.1) is 0 Å². The summed E-state index contributed by atoms with van der Waals surface area (Å²) in [6.45, 7) is 0. The van der Waals surface area contributed by atoms with Crippen LogP contribution >= 0.6 is 0 Å². The predicted molar refractivity (Wildman–Crippen MR) is 217 cm³/mol. The Morgan fingerprint density at radius 1 is 0.302 bits per heavy atom. The quantitative estimate of drug-likeness (QED) is 0.176. The van der Waals surface area contributed by atoms with Crippen molar-refractivity contribution in [1.29, 1.82) is 0 Å². The van der Waals surface area contributed by atoms with Crippen LogP contribution in [0.3, 0.4) is 0 Å². The van der Waals surface area contributed by atoms with Crippen LogP contribution in [0.15, 0.2) is 192 Å². The number of benzene rings is 8. The molecule has 0 aliphatic rings. The zero-order valence-electron chi connectivity index (χ0n) is 28.6. The molecule has 0 aliphatic heterocycles. The summed E-state index contributed by atoms with van der Waals surface area (Å²) in [5, 5.41) is 4.45. The number of furan rings is 1. The number of para-hydroxylation sites is 1. The maximum absolute atomic E-state index is 6.44.